The summed E-state index contributed by atoms with van der Waals surface area (Å²) < 4.78 is 1.92. The van der Waals surface area contributed by atoms with Crippen LogP contribution in [0.4, 0.5) is 11.4 Å². The summed E-state index contributed by atoms with van der Waals surface area (Å²) in [7, 11) is 0. The first-order valence-electron chi connectivity index (χ1n) is 11.9. The molecule has 184 valence electrons. The minimum absolute atomic E-state index is 0.232. The van der Waals surface area contributed by atoms with E-state index in [1.54, 1.807) is 42.7 Å². The van der Waals surface area contributed by atoms with Crippen molar-refractivity contribution < 1.29 is 9.59 Å². The van der Waals surface area contributed by atoms with Crippen LogP contribution in [0.5, 0.6) is 0 Å². The number of anilines is 2. The van der Waals surface area contributed by atoms with Gasteiger partial charge in [0.15, 0.2) is 0 Å². The highest BCUT2D eigenvalue weighted by molar-refractivity contribution is 6.07. The summed E-state index contributed by atoms with van der Waals surface area (Å²) in [5.41, 5.74) is 7.46. The number of benzene rings is 3. The number of nitrogens with one attached hydrogen (secondary N) is 2. The molecule has 5 rings (SSSR count). The molecule has 0 radical (unpaired) electrons. The maximum atomic E-state index is 13.0. The van der Waals surface area contributed by atoms with Crippen LogP contribution in [0, 0.1) is 20.8 Å². The lowest BCUT2D eigenvalue weighted by molar-refractivity contribution is 0.101. The molecule has 0 fully saturated rings. The van der Waals surface area contributed by atoms with Crippen molar-refractivity contribution in [1.29, 1.82) is 0 Å². The Balaban J connectivity index is 1.30. The number of carbonyl (C=O) groups is 2. The summed E-state index contributed by atoms with van der Waals surface area (Å²) in [4.78, 5) is 34.4. The Morgan fingerprint density at radius 2 is 1.54 bits per heavy atom. The molecule has 8 heteroatoms. The molecule has 37 heavy (non-hydrogen) atoms. The number of carbonyl (C=O) groups excluding carboxylic acids is 2. The van der Waals surface area contributed by atoms with Crippen LogP contribution in [-0.2, 0) is 6.54 Å². The van der Waals surface area contributed by atoms with Crippen molar-refractivity contribution in [3.8, 4) is 0 Å². The highest BCUT2D eigenvalue weighted by Gasteiger charge is 2.12. The zero-order valence-electron chi connectivity index (χ0n) is 20.8. The average Bonchev–Trinajstić information content (AvgIpc) is 3.21. The smallest absolute Gasteiger partial charge is 0.255 e. The fraction of sp³-hybridized carbons (Fsp3) is 0.138. The molecule has 2 N–H and O–H groups in total. The SMILES string of the molecule is Cc1cc(C)n(Cc2cccc(C(=O)Nc3ccc(C)c(NC(=O)c4ccc5nccnc5c4)c3)c2)n1. The van der Waals surface area contributed by atoms with Gasteiger partial charge in [-0.3, -0.25) is 24.2 Å². The minimum Gasteiger partial charge on any atom is -0.322 e. The van der Waals surface area contributed by atoms with E-state index in [0.717, 1.165) is 28.0 Å². The first-order valence-corrected chi connectivity index (χ1v) is 11.9. The van der Waals surface area contributed by atoms with Crippen LogP contribution in [0.3, 0.4) is 0 Å². The van der Waals surface area contributed by atoms with Gasteiger partial charge in [0.25, 0.3) is 11.8 Å². The number of hydrogen-bond acceptors (Lipinski definition) is 5. The lowest BCUT2D eigenvalue weighted by atomic mass is 10.1. The Morgan fingerprint density at radius 3 is 2.32 bits per heavy atom. The van der Waals surface area contributed by atoms with E-state index in [1.165, 1.54) is 0 Å². The van der Waals surface area contributed by atoms with E-state index in [4.69, 9.17) is 0 Å². The zero-order chi connectivity index (χ0) is 25.9. The Bertz CT molecular complexity index is 1640. The number of amides is 2. The zero-order valence-corrected chi connectivity index (χ0v) is 20.8. The topological polar surface area (TPSA) is 102 Å². The number of aromatic nitrogens is 4. The van der Waals surface area contributed by atoms with Crippen molar-refractivity contribution in [2.75, 3.05) is 10.6 Å². The molecule has 0 unspecified atom stereocenters. The van der Waals surface area contributed by atoms with E-state index in [-0.39, 0.29) is 11.8 Å². The van der Waals surface area contributed by atoms with Crippen molar-refractivity contribution >= 4 is 34.2 Å². The van der Waals surface area contributed by atoms with Gasteiger partial charge < -0.3 is 10.6 Å². The fourth-order valence-corrected chi connectivity index (χ4v) is 4.16. The first-order chi connectivity index (χ1) is 17.9. The number of aryl methyl sites for hydroxylation is 3. The van der Waals surface area contributed by atoms with Gasteiger partial charge in [-0.15, -0.1) is 0 Å². The van der Waals surface area contributed by atoms with Gasteiger partial charge in [-0.25, -0.2) is 0 Å². The second kappa shape index (κ2) is 10.0. The Morgan fingerprint density at radius 1 is 0.784 bits per heavy atom. The van der Waals surface area contributed by atoms with Crippen molar-refractivity contribution in [3.05, 3.63) is 113 Å². The van der Waals surface area contributed by atoms with Crippen molar-refractivity contribution in [1.82, 2.24) is 19.7 Å². The maximum absolute atomic E-state index is 13.0. The van der Waals surface area contributed by atoms with Crippen LogP contribution in [0.15, 0.2) is 79.1 Å². The Kier molecular flexibility index (Phi) is 6.47. The summed E-state index contributed by atoms with van der Waals surface area (Å²) in [6.07, 6.45) is 3.21. The second-order valence-electron chi connectivity index (χ2n) is 8.98. The van der Waals surface area contributed by atoms with Crippen LogP contribution < -0.4 is 10.6 Å². The minimum atomic E-state index is -0.268. The van der Waals surface area contributed by atoms with Crippen LogP contribution in [-0.4, -0.2) is 31.6 Å². The molecule has 0 spiro atoms. The number of nitrogens with zero attached hydrogens (tertiary/aromatic N) is 4. The Labute approximate surface area is 214 Å². The molecule has 2 amide bonds. The predicted octanol–water partition coefficient (Wildman–Crippen LogP) is 5.30. The normalized spacial score (nSPS) is 10.9. The van der Waals surface area contributed by atoms with Crippen molar-refractivity contribution in [2.24, 2.45) is 0 Å². The van der Waals surface area contributed by atoms with Crippen LogP contribution >= 0.6 is 0 Å². The van der Waals surface area contributed by atoms with Gasteiger partial charge in [-0.05, 0) is 80.4 Å². The average molecular weight is 491 g/mol. The third kappa shape index (κ3) is 5.38. The van der Waals surface area contributed by atoms with E-state index in [0.29, 0.717) is 34.6 Å². The third-order valence-corrected chi connectivity index (χ3v) is 6.10. The van der Waals surface area contributed by atoms with E-state index in [1.807, 2.05) is 61.9 Å². The highest BCUT2D eigenvalue weighted by Crippen LogP contribution is 2.22. The fourth-order valence-electron chi connectivity index (χ4n) is 4.16. The quantitative estimate of drug-likeness (QED) is 0.336. The molecular formula is C29H26N6O2. The molecule has 0 saturated heterocycles. The molecule has 0 bridgehead atoms. The van der Waals surface area contributed by atoms with E-state index < -0.39 is 0 Å². The lowest BCUT2D eigenvalue weighted by Gasteiger charge is -2.12. The van der Waals surface area contributed by atoms with Gasteiger partial charge in [-0.1, -0.05) is 18.2 Å². The molecule has 0 aliphatic carbocycles. The summed E-state index contributed by atoms with van der Waals surface area (Å²) >= 11 is 0. The number of fused-ring (bicyclic) bond motifs is 1. The first kappa shape index (κ1) is 23.9. The van der Waals surface area contributed by atoms with Gasteiger partial charge >= 0.3 is 0 Å². The van der Waals surface area contributed by atoms with Gasteiger partial charge in [0.1, 0.15) is 0 Å². The summed E-state index contributed by atoms with van der Waals surface area (Å²) in [6, 6.07) is 20.1. The molecule has 2 aromatic heterocycles. The number of hydrogen-bond donors (Lipinski definition) is 2. The molecule has 5 aromatic rings. The Hall–Kier alpha value is -4.85. The van der Waals surface area contributed by atoms with Gasteiger partial charge in [0.2, 0.25) is 0 Å². The molecular weight excluding hydrogens is 464 g/mol. The highest BCUT2D eigenvalue weighted by atomic mass is 16.2. The van der Waals surface area contributed by atoms with Crippen molar-refractivity contribution in [2.45, 2.75) is 27.3 Å². The molecule has 8 nitrogen and oxygen atoms in total. The standard InChI is InChI=1S/C29H26N6O2/c1-18-7-9-24(16-26(18)33-29(37)23-8-10-25-27(15-23)31-12-11-30-25)32-28(36)22-6-4-5-21(14-22)17-35-20(3)13-19(2)34-35/h4-16H,17H2,1-3H3,(H,32,36)(H,33,37). The second-order valence-corrected chi connectivity index (χ2v) is 8.98. The van der Waals surface area contributed by atoms with Crippen LogP contribution in [0.2, 0.25) is 0 Å². The van der Waals surface area contributed by atoms with E-state index >= 15 is 0 Å². The lowest BCUT2D eigenvalue weighted by Crippen LogP contribution is -2.15. The predicted molar refractivity (Wildman–Crippen MR) is 144 cm³/mol. The largest absolute Gasteiger partial charge is 0.322 e. The molecule has 3 aromatic carbocycles. The molecule has 0 saturated carbocycles. The van der Waals surface area contributed by atoms with Gasteiger partial charge in [-0.2, -0.15) is 5.10 Å². The molecule has 0 aliphatic heterocycles. The van der Waals surface area contributed by atoms with Gasteiger partial charge in [0.05, 0.1) is 23.3 Å². The molecule has 0 atom stereocenters. The van der Waals surface area contributed by atoms with Gasteiger partial charge in [0, 0.05) is 40.6 Å². The maximum Gasteiger partial charge on any atom is 0.255 e. The molecule has 0 aliphatic rings. The van der Waals surface area contributed by atoms with E-state index in [2.05, 4.69) is 25.7 Å². The van der Waals surface area contributed by atoms with Crippen LogP contribution in [0.25, 0.3) is 11.0 Å². The summed E-state index contributed by atoms with van der Waals surface area (Å²) in [5, 5.41) is 10.4. The summed E-state index contributed by atoms with van der Waals surface area (Å²) in [5.74, 6) is -0.500. The van der Waals surface area contributed by atoms with Crippen LogP contribution in [0.1, 0.15) is 43.2 Å². The third-order valence-electron chi connectivity index (χ3n) is 6.10. The monoisotopic (exact) mass is 490 g/mol. The van der Waals surface area contributed by atoms with Crippen molar-refractivity contribution in [3.63, 3.8) is 0 Å². The molecule has 2 heterocycles. The van der Waals surface area contributed by atoms with E-state index in [9.17, 15) is 9.59 Å². The number of rotatable bonds is 6. The summed E-state index contributed by atoms with van der Waals surface area (Å²) in [6.45, 7) is 6.46.